The van der Waals surface area contributed by atoms with Crippen molar-refractivity contribution in [1.82, 2.24) is 14.7 Å². The second-order valence-corrected chi connectivity index (χ2v) is 6.52. The van der Waals surface area contributed by atoms with Gasteiger partial charge in [-0.05, 0) is 38.8 Å². The summed E-state index contributed by atoms with van der Waals surface area (Å²) in [5.74, 6) is 1.33. The molecule has 3 atom stereocenters. The molecule has 1 aromatic rings. The van der Waals surface area contributed by atoms with E-state index in [9.17, 15) is 0 Å². The lowest BCUT2D eigenvalue weighted by molar-refractivity contribution is 0.352. The van der Waals surface area contributed by atoms with Gasteiger partial charge in [-0.3, -0.25) is 4.68 Å². The van der Waals surface area contributed by atoms with Crippen LogP contribution in [0.5, 0.6) is 0 Å². The average Bonchev–Trinajstić information content (AvgIpc) is 2.92. The number of hydrogen-bond donors (Lipinski definition) is 1. The number of halogens is 1. The predicted octanol–water partition coefficient (Wildman–Crippen LogP) is 2.53. The SMILES string of the molecule is CC1CCC(C(N)c2c(Cl)cnn2CCN(C)C)C1. The Morgan fingerprint density at radius 2 is 2.26 bits per heavy atom. The van der Waals surface area contributed by atoms with Crippen LogP contribution in [0.4, 0.5) is 0 Å². The van der Waals surface area contributed by atoms with Gasteiger partial charge in [-0.15, -0.1) is 0 Å². The Bertz CT molecular complexity index is 416. The smallest absolute Gasteiger partial charge is 0.0834 e. The zero-order chi connectivity index (χ0) is 14.0. The maximum atomic E-state index is 6.46. The molecule has 4 nitrogen and oxygen atoms in total. The second kappa shape index (κ2) is 6.25. The summed E-state index contributed by atoms with van der Waals surface area (Å²) >= 11 is 6.29. The Morgan fingerprint density at radius 3 is 2.84 bits per heavy atom. The molecule has 1 aromatic heterocycles. The first kappa shape index (κ1) is 14.8. The molecular formula is C14H25ClN4. The fraction of sp³-hybridized carbons (Fsp3) is 0.786. The lowest BCUT2D eigenvalue weighted by atomic mass is 9.95. The first-order chi connectivity index (χ1) is 8.99. The van der Waals surface area contributed by atoms with Crippen LogP contribution in [0, 0.1) is 11.8 Å². The van der Waals surface area contributed by atoms with Crippen molar-refractivity contribution in [1.29, 1.82) is 0 Å². The van der Waals surface area contributed by atoms with Crippen molar-refractivity contribution in [3.8, 4) is 0 Å². The Balaban J connectivity index is 2.11. The highest BCUT2D eigenvalue weighted by Crippen LogP contribution is 2.39. The summed E-state index contributed by atoms with van der Waals surface area (Å²) < 4.78 is 1.98. The van der Waals surface area contributed by atoms with Gasteiger partial charge in [-0.2, -0.15) is 5.10 Å². The molecule has 2 rings (SSSR count). The summed E-state index contributed by atoms with van der Waals surface area (Å²) in [6, 6.07) is 0.0158. The third-order valence-electron chi connectivity index (χ3n) is 4.15. The van der Waals surface area contributed by atoms with Crippen molar-refractivity contribution in [2.24, 2.45) is 17.6 Å². The monoisotopic (exact) mass is 284 g/mol. The summed E-state index contributed by atoms with van der Waals surface area (Å²) in [6.45, 7) is 4.08. The minimum Gasteiger partial charge on any atom is -0.322 e. The van der Waals surface area contributed by atoms with Crippen LogP contribution in [0.15, 0.2) is 6.20 Å². The van der Waals surface area contributed by atoms with Crippen molar-refractivity contribution in [2.75, 3.05) is 20.6 Å². The molecule has 0 bridgehead atoms. The highest BCUT2D eigenvalue weighted by molar-refractivity contribution is 6.31. The van der Waals surface area contributed by atoms with Crippen molar-refractivity contribution in [3.63, 3.8) is 0 Å². The van der Waals surface area contributed by atoms with E-state index in [1.165, 1.54) is 19.3 Å². The molecule has 5 heteroatoms. The van der Waals surface area contributed by atoms with Crippen LogP contribution in [-0.2, 0) is 6.54 Å². The van der Waals surface area contributed by atoms with E-state index in [1.807, 2.05) is 4.68 Å². The molecular weight excluding hydrogens is 260 g/mol. The molecule has 0 aliphatic heterocycles. The molecule has 1 aliphatic carbocycles. The summed E-state index contributed by atoms with van der Waals surface area (Å²) in [7, 11) is 4.12. The van der Waals surface area contributed by atoms with Crippen LogP contribution < -0.4 is 5.73 Å². The van der Waals surface area contributed by atoms with Gasteiger partial charge in [0.1, 0.15) is 0 Å². The van der Waals surface area contributed by atoms with Crippen molar-refractivity contribution >= 4 is 11.6 Å². The minimum atomic E-state index is 0.0158. The molecule has 0 aromatic carbocycles. The Labute approximate surface area is 120 Å². The van der Waals surface area contributed by atoms with E-state index in [2.05, 4.69) is 31.0 Å². The van der Waals surface area contributed by atoms with Gasteiger partial charge < -0.3 is 10.6 Å². The molecule has 0 saturated heterocycles. The summed E-state index contributed by atoms with van der Waals surface area (Å²) in [6.07, 6.45) is 5.42. The van der Waals surface area contributed by atoms with Crippen LogP contribution in [0.25, 0.3) is 0 Å². The summed E-state index contributed by atoms with van der Waals surface area (Å²) in [5, 5.41) is 5.09. The number of rotatable bonds is 5. The fourth-order valence-corrected chi connectivity index (χ4v) is 3.24. The van der Waals surface area contributed by atoms with E-state index in [0.29, 0.717) is 10.9 Å². The first-order valence-corrected chi connectivity index (χ1v) is 7.48. The molecule has 0 spiro atoms. The molecule has 0 amide bonds. The Kier molecular flexibility index (Phi) is 4.87. The van der Waals surface area contributed by atoms with E-state index >= 15 is 0 Å². The quantitative estimate of drug-likeness (QED) is 0.904. The van der Waals surface area contributed by atoms with Gasteiger partial charge in [0, 0.05) is 6.54 Å². The topological polar surface area (TPSA) is 47.1 Å². The van der Waals surface area contributed by atoms with Gasteiger partial charge in [-0.1, -0.05) is 24.9 Å². The van der Waals surface area contributed by atoms with Crippen molar-refractivity contribution in [2.45, 2.75) is 38.8 Å². The predicted molar refractivity (Wildman–Crippen MR) is 79.2 cm³/mol. The molecule has 1 fully saturated rings. The van der Waals surface area contributed by atoms with E-state index < -0.39 is 0 Å². The average molecular weight is 285 g/mol. The van der Waals surface area contributed by atoms with Crippen LogP contribution in [0.3, 0.4) is 0 Å². The van der Waals surface area contributed by atoms with Gasteiger partial charge in [0.05, 0.1) is 29.5 Å². The normalized spacial score (nSPS) is 25.2. The van der Waals surface area contributed by atoms with Crippen molar-refractivity contribution < 1.29 is 0 Å². The molecule has 1 heterocycles. The molecule has 1 aliphatic rings. The zero-order valence-corrected chi connectivity index (χ0v) is 12.9. The standard InChI is InChI=1S/C14H25ClN4/c1-10-4-5-11(8-10)13(16)14-12(15)9-17-19(14)7-6-18(2)3/h9-11,13H,4-8,16H2,1-3H3. The summed E-state index contributed by atoms with van der Waals surface area (Å²) in [4.78, 5) is 2.14. The molecule has 3 unspecified atom stereocenters. The lowest BCUT2D eigenvalue weighted by Gasteiger charge is -2.21. The molecule has 19 heavy (non-hydrogen) atoms. The van der Waals surface area contributed by atoms with Crippen LogP contribution in [0.2, 0.25) is 5.02 Å². The Hall–Kier alpha value is -0.580. The van der Waals surface area contributed by atoms with Gasteiger partial charge in [0.25, 0.3) is 0 Å². The number of aromatic nitrogens is 2. The van der Waals surface area contributed by atoms with E-state index in [0.717, 1.165) is 24.7 Å². The van der Waals surface area contributed by atoms with Crippen LogP contribution in [0.1, 0.15) is 37.9 Å². The molecule has 108 valence electrons. The lowest BCUT2D eigenvalue weighted by Crippen LogP contribution is -2.26. The van der Waals surface area contributed by atoms with Gasteiger partial charge in [-0.25, -0.2) is 0 Å². The van der Waals surface area contributed by atoms with Crippen LogP contribution in [-0.4, -0.2) is 35.3 Å². The largest absolute Gasteiger partial charge is 0.322 e. The maximum Gasteiger partial charge on any atom is 0.0834 e. The van der Waals surface area contributed by atoms with Gasteiger partial charge in [0.15, 0.2) is 0 Å². The minimum absolute atomic E-state index is 0.0158. The van der Waals surface area contributed by atoms with Crippen LogP contribution >= 0.6 is 11.6 Å². The second-order valence-electron chi connectivity index (χ2n) is 6.11. The van der Waals surface area contributed by atoms with Gasteiger partial charge in [0.2, 0.25) is 0 Å². The number of nitrogens with two attached hydrogens (primary N) is 1. The third-order valence-corrected chi connectivity index (χ3v) is 4.44. The van der Waals surface area contributed by atoms with Gasteiger partial charge >= 0.3 is 0 Å². The zero-order valence-electron chi connectivity index (χ0n) is 12.1. The van der Waals surface area contributed by atoms with E-state index in [1.54, 1.807) is 6.20 Å². The maximum absolute atomic E-state index is 6.46. The van der Waals surface area contributed by atoms with Crippen molar-refractivity contribution in [3.05, 3.63) is 16.9 Å². The van der Waals surface area contributed by atoms with E-state index in [-0.39, 0.29) is 6.04 Å². The number of likely N-dealkylation sites (N-methyl/N-ethyl adjacent to an activating group) is 1. The molecule has 0 radical (unpaired) electrons. The van der Waals surface area contributed by atoms with E-state index in [4.69, 9.17) is 17.3 Å². The summed E-state index contributed by atoms with van der Waals surface area (Å²) in [5.41, 5.74) is 7.47. The first-order valence-electron chi connectivity index (χ1n) is 7.10. The fourth-order valence-electron chi connectivity index (χ4n) is 2.98. The highest BCUT2D eigenvalue weighted by atomic mass is 35.5. The molecule has 1 saturated carbocycles. The number of hydrogen-bond acceptors (Lipinski definition) is 3. The number of nitrogens with zero attached hydrogens (tertiary/aromatic N) is 3. The molecule has 2 N–H and O–H groups in total. The Morgan fingerprint density at radius 1 is 1.53 bits per heavy atom. The highest BCUT2D eigenvalue weighted by Gasteiger charge is 2.30. The third kappa shape index (κ3) is 3.50.